The summed E-state index contributed by atoms with van der Waals surface area (Å²) in [5.41, 5.74) is 0. The van der Waals surface area contributed by atoms with Crippen molar-refractivity contribution in [1.29, 1.82) is 0 Å². The second-order valence-corrected chi connectivity index (χ2v) is 6.86. The zero-order chi connectivity index (χ0) is 17.2. The molecular formula is C17H23ClN4OS. The third kappa shape index (κ3) is 6.76. The standard InChI is InChI=1S/C17H23ClN4OS/c1-3-19-17(20-8-7-16-22-12-13(2)24-16)21-9-10-23-15-6-4-5-14(18)11-15/h4-6,11-12H,3,7-10H2,1-2H3,(H2,19,20,21). The quantitative estimate of drug-likeness (QED) is 0.427. The molecule has 0 saturated heterocycles. The molecule has 130 valence electrons. The average Bonchev–Trinajstić information content (AvgIpc) is 2.97. The minimum absolute atomic E-state index is 0.538. The van der Waals surface area contributed by atoms with Gasteiger partial charge in [0, 0.05) is 35.6 Å². The van der Waals surface area contributed by atoms with Crippen molar-refractivity contribution in [1.82, 2.24) is 15.6 Å². The number of halogens is 1. The number of aromatic nitrogens is 1. The Labute approximate surface area is 152 Å². The van der Waals surface area contributed by atoms with E-state index in [1.54, 1.807) is 17.4 Å². The topological polar surface area (TPSA) is 58.5 Å². The van der Waals surface area contributed by atoms with Crippen LogP contribution in [0.25, 0.3) is 0 Å². The monoisotopic (exact) mass is 366 g/mol. The fourth-order valence-electron chi connectivity index (χ4n) is 2.02. The Bertz CT molecular complexity index is 660. The van der Waals surface area contributed by atoms with E-state index in [9.17, 15) is 0 Å². The lowest BCUT2D eigenvalue weighted by atomic mass is 10.3. The zero-order valence-corrected chi connectivity index (χ0v) is 15.6. The maximum Gasteiger partial charge on any atom is 0.191 e. The molecule has 1 aromatic carbocycles. The van der Waals surface area contributed by atoms with Crippen molar-refractivity contribution in [3.05, 3.63) is 45.4 Å². The summed E-state index contributed by atoms with van der Waals surface area (Å²) in [5.74, 6) is 1.56. The van der Waals surface area contributed by atoms with Gasteiger partial charge in [-0.15, -0.1) is 11.3 Å². The molecule has 0 saturated carbocycles. The van der Waals surface area contributed by atoms with Crippen LogP contribution in [0.5, 0.6) is 5.75 Å². The van der Waals surface area contributed by atoms with Gasteiger partial charge in [0.25, 0.3) is 0 Å². The van der Waals surface area contributed by atoms with Gasteiger partial charge in [0.1, 0.15) is 12.4 Å². The predicted octanol–water partition coefficient (Wildman–Crippen LogP) is 3.28. The largest absolute Gasteiger partial charge is 0.492 e. The van der Waals surface area contributed by atoms with Crippen molar-refractivity contribution in [2.75, 3.05) is 26.2 Å². The maximum absolute atomic E-state index is 5.93. The van der Waals surface area contributed by atoms with Crippen LogP contribution in [0.3, 0.4) is 0 Å². The second kappa shape index (κ2) is 10.2. The van der Waals surface area contributed by atoms with E-state index in [1.165, 1.54) is 4.88 Å². The van der Waals surface area contributed by atoms with Crippen LogP contribution in [-0.2, 0) is 6.42 Å². The molecule has 0 aliphatic carbocycles. The van der Waals surface area contributed by atoms with Gasteiger partial charge in [-0.05, 0) is 32.0 Å². The molecule has 2 N–H and O–H groups in total. The molecule has 0 fully saturated rings. The lowest BCUT2D eigenvalue weighted by Gasteiger charge is -2.12. The molecule has 0 bridgehead atoms. The summed E-state index contributed by atoms with van der Waals surface area (Å²) in [6.07, 6.45) is 2.76. The van der Waals surface area contributed by atoms with E-state index in [2.05, 4.69) is 27.5 Å². The molecule has 0 atom stereocenters. The number of nitrogens with zero attached hydrogens (tertiary/aromatic N) is 2. The van der Waals surface area contributed by atoms with Crippen LogP contribution in [0.1, 0.15) is 16.8 Å². The first-order valence-corrected chi connectivity index (χ1v) is 9.18. The van der Waals surface area contributed by atoms with Gasteiger partial charge in [-0.3, -0.25) is 4.99 Å². The van der Waals surface area contributed by atoms with Crippen LogP contribution in [-0.4, -0.2) is 37.2 Å². The summed E-state index contributed by atoms with van der Waals surface area (Å²) in [4.78, 5) is 10.1. The van der Waals surface area contributed by atoms with Gasteiger partial charge < -0.3 is 15.4 Å². The molecule has 7 heteroatoms. The van der Waals surface area contributed by atoms with Crippen molar-refractivity contribution < 1.29 is 4.74 Å². The molecule has 2 aromatic rings. The smallest absolute Gasteiger partial charge is 0.191 e. The van der Waals surface area contributed by atoms with Crippen LogP contribution in [0.4, 0.5) is 0 Å². The minimum Gasteiger partial charge on any atom is -0.492 e. The molecule has 2 rings (SSSR count). The SMILES string of the molecule is CCNC(=NCCc1ncc(C)s1)NCCOc1cccc(Cl)c1. The van der Waals surface area contributed by atoms with E-state index in [0.717, 1.165) is 29.7 Å². The fourth-order valence-corrected chi connectivity index (χ4v) is 2.97. The van der Waals surface area contributed by atoms with Crippen molar-refractivity contribution in [3.8, 4) is 5.75 Å². The van der Waals surface area contributed by atoms with Gasteiger partial charge in [-0.25, -0.2) is 4.98 Å². The summed E-state index contributed by atoms with van der Waals surface area (Å²) >= 11 is 7.65. The van der Waals surface area contributed by atoms with E-state index in [0.29, 0.717) is 24.7 Å². The third-order valence-corrected chi connectivity index (χ3v) is 4.28. The van der Waals surface area contributed by atoms with Gasteiger partial charge >= 0.3 is 0 Å². The maximum atomic E-state index is 5.93. The highest BCUT2D eigenvalue weighted by Crippen LogP contribution is 2.16. The number of guanidine groups is 1. The van der Waals surface area contributed by atoms with Crippen LogP contribution >= 0.6 is 22.9 Å². The van der Waals surface area contributed by atoms with E-state index < -0.39 is 0 Å². The van der Waals surface area contributed by atoms with Crippen molar-refractivity contribution in [3.63, 3.8) is 0 Å². The van der Waals surface area contributed by atoms with Crippen LogP contribution in [0.15, 0.2) is 35.5 Å². The number of hydrogen-bond acceptors (Lipinski definition) is 4. The van der Waals surface area contributed by atoms with Crippen LogP contribution < -0.4 is 15.4 Å². The highest BCUT2D eigenvalue weighted by Gasteiger charge is 2.00. The molecule has 0 radical (unpaired) electrons. The van der Waals surface area contributed by atoms with Crippen molar-refractivity contribution in [2.24, 2.45) is 4.99 Å². The Morgan fingerprint density at radius 3 is 2.96 bits per heavy atom. The Morgan fingerprint density at radius 1 is 1.38 bits per heavy atom. The Balaban J connectivity index is 1.72. The van der Waals surface area contributed by atoms with Gasteiger partial charge in [0.2, 0.25) is 0 Å². The third-order valence-electron chi connectivity index (χ3n) is 3.07. The van der Waals surface area contributed by atoms with E-state index in [1.807, 2.05) is 31.3 Å². The second-order valence-electron chi connectivity index (χ2n) is 5.11. The average molecular weight is 367 g/mol. The first kappa shape index (κ1) is 18.5. The minimum atomic E-state index is 0.538. The van der Waals surface area contributed by atoms with Gasteiger partial charge in [0.15, 0.2) is 5.96 Å². The predicted molar refractivity (Wildman–Crippen MR) is 101 cm³/mol. The lowest BCUT2D eigenvalue weighted by molar-refractivity contribution is 0.322. The highest BCUT2D eigenvalue weighted by atomic mass is 35.5. The molecule has 0 spiro atoms. The summed E-state index contributed by atoms with van der Waals surface area (Å²) in [6.45, 7) is 6.83. The number of rotatable bonds is 8. The van der Waals surface area contributed by atoms with Crippen molar-refractivity contribution >= 4 is 28.9 Å². The van der Waals surface area contributed by atoms with Crippen LogP contribution in [0, 0.1) is 6.92 Å². The number of ether oxygens (including phenoxy) is 1. The molecule has 0 aliphatic heterocycles. The molecule has 0 unspecified atom stereocenters. The number of hydrogen-bond donors (Lipinski definition) is 2. The van der Waals surface area contributed by atoms with Crippen LogP contribution in [0.2, 0.25) is 5.02 Å². The molecule has 24 heavy (non-hydrogen) atoms. The molecule has 0 amide bonds. The first-order valence-electron chi connectivity index (χ1n) is 7.99. The lowest BCUT2D eigenvalue weighted by Crippen LogP contribution is -2.39. The first-order chi connectivity index (χ1) is 11.7. The molecule has 0 aliphatic rings. The zero-order valence-electron chi connectivity index (χ0n) is 14.0. The molecule has 1 aromatic heterocycles. The summed E-state index contributed by atoms with van der Waals surface area (Å²) < 4.78 is 5.65. The molecule has 5 nitrogen and oxygen atoms in total. The molecule has 1 heterocycles. The highest BCUT2D eigenvalue weighted by molar-refractivity contribution is 7.11. The molecular weight excluding hydrogens is 344 g/mol. The van der Waals surface area contributed by atoms with E-state index in [-0.39, 0.29) is 0 Å². The number of thiazole rings is 1. The summed E-state index contributed by atoms with van der Waals surface area (Å²) in [5, 5.41) is 8.28. The van der Waals surface area contributed by atoms with Gasteiger partial charge in [-0.1, -0.05) is 17.7 Å². The Hall–Kier alpha value is -1.79. The van der Waals surface area contributed by atoms with E-state index >= 15 is 0 Å². The fraction of sp³-hybridized carbons (Fsp3) is 0.412. The van der Waals surface area contributed by atoms with Crippen molar-refractivity contribution in [2.45, 2.75) is 20.3 Å². The summed E-state index contributed by atoms with van der Waals surface area (Å²) in [7, 11) is 0. The Morgan fingerprint density at radius 2 is 2.25 bits per heavy atom. The normalized spacial score (nSPS) is 11.4. The van der Waals surface area contributed by atoms with Gasteiger partial charge in [0.05, 0.1) is 11.6 Å². The number of benzene rings is 1. The van der Waals surface area contributed by atoms with E-state index in [4.69, 9.17) is 16.3 Å². The number of aryl methyl sites for hydroxylation is 1. The number of nitrogens with one attached hydrogen (secondary N) is 2. The number of aliphatic imine (C=N–C) groups is 1. The van der Waals surface area contributed by atoms with Gasteiger partial charge in [-0.2, -0.15) is 0 Å². The summed E-state index contributed by atoms with van der Waals surface area (Å²) in [6, 6.07) is 7.39. The Kier molecular flexibility index (Phi) is 7.85.